The maximum atomic E-state index is 13.6. The van der Waals surface area contributed by atoms with Crippen LogP contribution >= 0.6 is 0 Å². The Labute approximate surface area is 103 Å². The van der Waals surface area contributed by atoms with Gasteiger partial charge in [0.1, 0.15) is 17.7 Å². The molecule has 0 aliphatic heterocycles. The van der Waals surface area contributed by atoms with E-state index >= 15 is 0 Å². The average molecular weight is 259 g/mol. The molecule has 2 atom stereocenters. The SMILES string of the molecule is COC(=O)C(O)C(O)c1cc(OC)c(N)cc1F. The number of benzene rings is 1. The van der Waals surface area contributed by atoms with Gasteiger partial charge in [0.25, 0.3) is 0 Å². The third-order valence-corrected chi connectivity index (χ3v) is 2.41. The third kappa shape index (κ3) is 2.69. The van der Waals surface area contributed by atoms with Gasteiger partial charge in [0.05, 0.1) is 19.9 Å². The zero-order valence-electron chi connectivity index (χ0n) is 9.88. The van der Waals surface area contributed by atoms with Gasteiger partial charge in [-0.25, -0.2) is 9.18 Å². The van der Waals surface area contributed by atoms with Gasteiger partial charge in [-0.1, -0.05) is 0 Å². The molecule has 100 valence electrons. The van der Waals surface area contributed by atoms with Crippen LogP contribution in [0.1, 0.15) is 11.7 Å². The molecule has 2 unspecified atom stereocenters. The molecule has 0 bridgehead atoms. The fraction of sp³-hybridized carbons (Fsp3) is 0.364. The molecule has 4 N–H and O–H groups in total. The van der Waals surface area contributed by atoms with E-state index < -0.39 is 24.0 Å². The van der Waals surface area contributed by atoms with Gasteiger partial charge < -0.3 is 25.4 Å². The molecule has 0 aliphatic rings. The van der Waals surface area contributed by atoms with E-state index in [4.69, 9.17) is 10.5 Å². The van der Waals surface area contributed by atoms with E-state index in [9.17, 15) is 19.4 Å². The Kier molecular flexibility index (Phi) is 4.46. The molecule has 1 aromatic rings. The second-order valence-electron chi connectivity index (χ2n) is 3.53. The van der Waals surface area contributed by atoms with E-state index in [0.29, 0.717) is 0 Å². The number of aliphatic hydroxyl groups excluding tert-OH is 2. The number of hydrogen-bond donors (Lipinski definition) is 3. The summed E-state index contributed by atoms with van der Waals surface area (Å²) in [6.07, 6.45) is -3.66. The summed E-state index contributed by atoms with van der Waals surface area (Å²) in [5, 5.41) is 19.1. The number of nitrogens with two attached hydrogens (primary N) is 1. The molecule has 0 radical (unpaired) electrons. The highest BCUT2D eigenvalue weighted by Crippen LogP contribution is 2.30. The van der Waals surface area contributed by atoms with E-state index in [2.05, 4.69) is 4.74 Å². The van der Waals surface area contributed by atoms with E-state index in [1.165, 1.54) is 7.11 Å². The van der Waals surface area contributed by atoms with Crippen molar-refractivity contribution in [1.29, 1.82) is 0 Å². The van der Waals surface area contributed by atoms with Crippen LogP contribution < -0.4 is 10.5 Å². The van der Waals surface area contributed by atoms with Crippen molar-refractivity contribution < 1.29 is 28.9 Å². The Morgan fingerprint density at radius 3 is 2.50 bits per heavy atom. The van der Waals surface area contributed by atoms with Crippen LogP contribution in [-0.2, 0) is 9.53 Å². The summed E-state index contributed by atoms with van der Waals surface area (Å²) < 4.78 is 22.7. The van der Waals surface area contributed by atoms with Gasteiger partial charge in [0.15, 0.2) is 6.10 Å². The Hall–Kier alpha value is -1.86. The number of esters is 1. The number of aliphatic hydroxyl groups is 2. The van der Waals surface area contributed by atoms with Crippen LogP contribution in [0.3, 0.4) is 0 Å². The normalized spacial score (nSPS) is 13.8. The van der Waals surface area contributed by atoms with E-state index in [1.54, 1.807) is 0 Å². The number of rotatable bonds is 4. The van der Waals surface area contributed by atoms with Crippen LogP contribution in [0.2, 0.25) is 0 Å². The monoisotopic (exact) mass is 259 g/mol. The summed E-state index contributed by atoms with van der Waals surface area (Å²) in [6, 6.07) is 2.04. The minimum atomic E-state index is -1.89. The van der Waals surface area contributed by atoms with Crippen molar-refractivity contribution in [3.63, 3.8) is 0 Å². The molecule has 0 saturated heterocycles. The van der Waals surface area contributed by atoms with Crippen molar-refractivity contribution in [2.75, 3.05) is 20.0 Å². The van der Waals surface area contributed by atoms with Gasteiger partial charge >= 0.3 is 5.97 Å². The first kappa shape index (κ1) is 14.2. The number of anilines is 1. The largest absolute Gasteiger partial charge is 0.495 e. The Morgan fingerprint density at radius 2 is 2.00 bits per heavy atom. The van der Waals surface area contributed by atoms with Crippen LogP contribution in [0.15, 0.2) is 12.1 Å². The van der Waals surface area contributed by atoms with Crippen LogP contribution in [0.4, 0.5) is 10.1 Å². The average Bonchev–Trinajstić information content (AvgIpc) is 2.36. The van der Waals surface area contributed by atoms with Crippen molar-refractivity contribution in [1.82, 2.24) is 0 Å². The lowest BCUT2D eigenvalue weighted by Gasteiger charge is -2.18. The lowest BCUT2D eigenvalue weighted by Crippen LogP contribution is -2.29. The van der Waals surface area contributed by atoms with Crippen molar-refractivity contribution >= 4 is 11.7 Å². The maximum Gasteiger partial charge on any atom is 0.337 e. The number of ether oxygens (including phenoxy) is 2. The summed E-state index contributed by atoms with van der Waals surface area (Å²) >= 11 is 0. The van der Waals surface area contributed by atoms with Gasteiger partial charge in [-0.15, -0.1) is 0 Å². The van der Waals surface area contributed by atoms with Crippen molar-refractivity contribution in [2.45, 2.75) is 12.2 Å². The second kappa shape index (κ2) is 5.65. The van der Waals surface area contributed by atoms with Gasteiger partial charge in [-0.3, -0.25) is 0 Å². The predicted octanol–water partition coefficient (Wildman–Crippen LogP) is -0.0162. The van der Waals surface area contributed by atoms with Crippen molar-refractivity contribution in [2.24, 2.45) is 0 Å². The summed E-state index contributed by atoms with van der Waals surface area (Å²) in [6.45, 7) is 0. The first-order chi connectivity index (χ1) is 8.42. The van der Waals surface area contributed by atoms with E-state index in [1.807, 2.05) is 0 Å². The number of methoxy groups -OCH3 is 2. The van der Waals surface area contributed by atoms with Crippen LogP contribution in [0.25, 0.3) is 0 Å². The summed E-state index contributed by atoms with van der Waals surface area (Å²) in [5.74, 6) is -1.80. The van der Waals surface area contributed by atoms with Gasteiger partial charge in [0, 0.05) is 11.6 Å². The van der Waals surface area contributed by atoms with Gasteiger partial charge in [-0.2, -0.15) is 0 Å². The summed E-state index contributed by atoms with van der Waals surface area (Å²) in [7, 11) is 2.36. The first-order valence-electron chi connectivity index (χ1n) is 4.99. The fourth-order valence-corrected chi connectivity index (χ4v) is 1.41. The molecule has 0 aromatic heterocycles. The van der Waals surface area contributed by atoms with Crippen LogP contribution in [-0.4, -0.2) is 36.5 Å². The number of hydrogen-bond acceptors (Lipinski definition) is 6. The van der Waals surface area contributed by atoms with Crippen LogP contribution in [0, 0.1) is 5.82 Å². The summed E-state index contributed by atoms with van der Waals surface area (Å²) in [4.78, 5) is 11.0. The van der Waals surface area contributed by atoms with Crippen molar-refractivity contribution in [3.05, 3.63) is 23.5 Å². The molecule has 0 fully saturated rings. The molecular formula is C11H14FNO5. The fourth-order valence-electron chi connectivity index (χ4n) is 1.41. The molecule has 0 heterocycles. The van der Waals surface area contributed by atoms with E-state index in [-0.39, 0.29) is 17.0 Å². The minimum Gasteiger partial charge on any atom is -0.495 e. The lowest BCUT2D eigenvalue weighted by atomic mass is 10.0. The molecule has 1 aromatic carbocycles. The van der Waals surface area contributed by atoms with Crippen LogP contribution in [0.5, 0.6) is 5.75 Å². The zero-order valence-corrected chi connectivity index (χ0v) is 9.88. The molecule has 0 spiro atoms. The highest BCUT2D eigenvalue weighted by molar-refractivity contribution is 5.75. The Morgan fingerprint density at radius 1 is 1.39 bits per heavy atom. The maximum absolute atomic E-state index is 13.6. The molecule has 0 amide bonds. The standard InChI is InChI=1S/C11H14FNO5/c1-17-8-3-5(6(12)4-7(8)13)9(14)10(15)11(16)18-2/h3-4,9-10,14-15H,13H2,1-2H3. The Balaban J connectivity index is 3.12. The molecular weight excluding hydrogens is 245 g/mol. The third-order valence-electron chi connectivity index (χ3n) is 2.41. The zero-order chi connectivity index (χ0) is 13.9. The molecule has 1 rings (SSSR count). The number of nitrogen functional groups attached to an aromatic ring is 1. The number of carbonyl (C=O) groups excluding carboxylic acids is 1. The number of carbonyl (C=O) groups is 1. The lowest BCUT2D eigenvalue weighted by molar-refractivity contribution is -0.156. The molecule has 0 saturated carbocycles. The second-order valence-corrected chi connectivity index (χ2v) is 3.53. The first-order valence-corrected chi connectivity index (χ1v) is 4.99. The highest BCUT2D eigenvalue weighted by Gasteiger charge is 2.29. The molecule has 18 heavy (non-hydrogen) atoms. The van der Waals surface area contributed by atoms with Gasteiger partial charge in [-0.05, 0) is 6.07 Å². The molecule has 7 heteroatoms. The highest BCUT2D eigenvalue weighted by atomic mass is 19.1. The van der Waals surface area contributed by atoms with Gasteiger partial charge in [0.2, 0.25) is 0 Å². The Bertz CT molecular complexity index is 451. The molecule has 6 nitrogen and oxygen atoms in total. The van der Waals surface area contributed by atoms with E-state index in [0.717, 1.165) is 19.2 Å². The number of halogens is 1. The summed E-state index contributed by atoms with van der Waals surface area (Å²) in [5.41, 5.74) is 5.20. The predicted molar refractivity (Wildman–Crippen MR) is 60.3 cm³/mol. The molecule has 0 aliphatic carbocycles. The minimum absolute atomic E-state index is 0.0403. The quantitative estimate of drug-likeness (QED) is 0.519. The van der Waals surface area contributed by atoms with Crippen molar-refractivity contribution in [3.8, 4) is 5.75 Å². The topological polar surface area (TPSA) is 102 Å². The smallest absolute Gasteiger partial charge is 0.337 e.